The van der Waals surface area contributed by atoms with Crippen LogP contribution in [0.15, 0.2) is 12.2 Å². The summed E-state index contributed by atoms with van der Waals surface area (Å²) in [6.45, 7) is 3.98. The zero-order valence-electron chi connectivity index (χ0n) is 9.78. The Morgan fingerprint density at radius 3 is 2.39 bits per heavy atom. The molecule has 1 rings (SSSR count). The predicted molar refractivity (Wildman–Crippen MR) is 57.9 cm³/mol. The average molecular weight is 263 g/mol. The molecule has 104 valence electrons. The summed E-state index contributed by atoms with van der Waals surface area (Å²) >= 11 is 0. The van der Waals surface area contributed by atoms with E-state index in [9.17, 15) is 25.2 Å². The van der Waals surface area contributed by atoms with Gasteiger partial charge in [0, 0.05) is 5.57 Å². The highest BCUT2D eigenvalue weighted by Gasteiger charge is 2.53. The van der Waals surface area contributed by atoms with Crippen molar-refractivity contribution in [1.82, 2.24) is 5.32 Å². The molecule has 1 unspecified atom stereocenters. The van der Waals surface area contributed by atoms with Gasteiger partial charge in [-0.2, -0.15) is 0 Å². The minimum Gasteiger partial charge on any atom is -0.394 e. The van der Waals surface area contributed by atoms with Crippen molar-refractivity contribution in [2.45, 2.75) is 37.3 Å². The molecule has 1 heterocycles. The number of carbonyl (C=O) groups excluding carboxylic acids is 1. The fourth-order valence-corrected chi connectivity index (χ4v) is 1.53. The van der Waals surface area contributed by atoms with Crippen molar-refractivity contribution >= 4 is 5.91 Å². The highest BCUT2D eigenvalue weighted by Crippen LogP contribution is 2.26. The van der Waals surface area contributed by atoms with E-state index in [1.54, 1.807) is 0 Å². The summed E-state index contributed by atoms with van der Waals surface area (Å²) in [5, 5.41) is 49.3. The first kappa shape index (κ1) is 15.0. The van der Waals surface area contributed by atoms with Gasteiger partial charge in [0.1, 0.15) is 18.3 Å². The predicted octanol–water partition coefficient (Wildman–Crippen LogP) is -3.20. The number of rotatable bonds is 3. The number of hydrogen-bond acceptors (Lipinski definition) is 7. The van der Waals surface area contributed by atoms with E-state index < -0.39 is 42.8 Å². The van der Waals surface area contributed by atoms with Crippen LogP contribution in [-0.4, -0.2) is 68.4 Å². The first-order chi connectivity index (χ1) is 8.23. The molecule has 0 saturated carbocycles. The lowest BCUT2D eigenvalue weighted by molar-refractivity contribution is -0.357. The summed E-state index contributed by atoms with van der Waals surface area (Å²) in [6, 6.07) is 0. The van der Waals surface area contributed by atoms with Gasteiger partial charge in [-0.1, -0.05) is 6.58 Å². The van der Waals surface area contributed by atoms with Crippen molar-refractivity contribution in [3.63, 3.8) is 0 Å². The Balaban J connectivity index is 2.91. The number of aliphatic hydroxyl groups is 5. The highest BCUT2D eigenvalue weighted by atomic mass is 16.7. The van der Waals surface area contributed by atoms with Crippen molar-refractivity contribution in [2.24, 2.45) is 0 Å². The highest BCUT2D eigenvalue weighted by molar-refractivity contribution is 5.92. The summed E-state index contributed by atoms with van der Waals surface area (Å²) < 4.78 is 4.81. The molecule has 0 aromatic rings. The molecular weight excluding hydrogens is 246 g/mol. The van der Waals surface area contributed by atoms with E-state index in [1.165, 1.54) is 6.92 Å². The van der Waals surface area contributed by atoms with E-state index in [1.807, 2.05) is 5.32 Å². The Hall–Kier alpha value is -1.03. The largest absolute Gasteiger partial charge is 0.394 e. The molecule has 0 aromatic heterocycles. The Kier molecular flexibility index (Phi) is 4.43. The summed E-state index contributed by atoms with van der Waals surface area (Å²) in [6.07, 6.45) is -6.70. The van der Waals surface area contributed by atoms with Crippen LogP contribution in [0.3, 0.4) is 0 Å². The average Bonchev–Trinajstić information content (AvgIpc) is 2.31. The third-order valence-corrected chi connectivity index (χ3v) is 2.65. The Morgan fingerprint density at radius 2 is 1.94 bits per heavy atom. The molecule has 0 aliphatic carbocycles. The minimum absolute atomic E-state index is 0.0420. The van der Waals surface area contributed by atoms with Gasteiger partial charge in [0.15, 0.2) is 6.10 Å². The van der Waals surface area contributed by atoms with Gasteiger partial charge in [0.25, 0.3) is 5.91 Å². The normalized spacial score (nSPS) is 40.3. The van der Waals surface area contributed by atoms with Crippen molar-refractivity contribution in [3.8, 4) is 0 Å². The summed E-state index contributed by atoms with van der Waals surface area (Å²) in [4.78, 5) is 11.4. The third-order valence-electron chi connectivity index (χ3n) is 2.65. The molecule has 0 aromatic carbocycles. The van der Waals surface area contributed by atoms with Crippen molar-refractivity contribution in [2.75, 3.05) is 6.61 Å². The SMILES string of the molecule is C=C(C)C(=O)NC1(O)O[C@H](CO)[C@@H](O)[C@H](O)[C@H]1O. The first-order valence-corrected chi connectivity index (χ1v) is 5.26. The second-order valence-electron chi connectivity index (χ2n) is 4.20. The number of carbonyl (C=O) groups is 1. The van der Waals surface area contributed by atoms with E-state index in [2.05, 4.69) is 6.58 Å². The quantitative estimate of drug-likeness (QED) is 0.233. The van der Waals surface area contributed by atoms with E-state index in [4.69, 9.17) is 9.84 Å². The van der Waals surface area contributed by atoms with Crippen LogP contribution in [0.5, 0.6) is 0 Å². The lowest BCUT2D eigenvalue weighted by Gasteiger charge is -2.45. The van der Waals surface area contributed by atoms with E-state index in [-0.39, 0.29) is 5.57 Å². The lowest BCUT2D eigenvalue weighted by Crippen LogP contribution is -2.71. The molecule has 0 bridgehead atoms. The van der Waals surface area contributed by atoms with Crippen LogP contribution >= 0.6 is 0 Å². The zero-order chi connectivity index (χ0) is 14.1. The van der Waals surface area contributed by atoms with Crippen LogP contribution in [0.1, 0.15) is 6.92 Å². The molecule has 6 N–H and O–H groups in total. The number of hydrogen-bond donors (Lipinski definition) is 6. The standard InChI is InChI=1S/C10H17NO7/c1-4(2)9(16)11-10(17)8(15)7(14)6(13)5(3-12)18-10/h5-8,12-15,17H,1,3H2,2H3,(H,11,16)/t5-,6-,7+,8-,10?/m1/s1. The van der Waals surface area contributed by atoms with Gasteiger partial charge < -0.3 is 30.3 Å². The zero-order valence-corrected chi connectivity index (χ0v) is 9.78. The van der Waals surface area contributed by atoms with Crippen LogP contribution in [-0.2, 0) is 9.53 Å². The number of aliphatic hydroxyl groups excluding tert-OH is 4. The number of ether oxygens (including phenoxy) is 1. The molecule has 1 fully saturated rings. The van der Waals surface area contributed by atoms with Gasteiger partial charge in [-0.15, -0.1) is 0 Å². The molecule has 1 aliphatic rings. The third kappa shape index (κ3) is 2.69. The first-order valence-electron chi connectivity index (χ1n) is 5.26. The molecule has 8 heteroatoms. The molecule has 1 amide bonds. The summed E-state index contributed by atoms with van der Waals surface area (Å²) in [7, 11) is 0. The summed E-state index contributed by atoms with van der Waals surface area (Å²) in [5.41, 5.74) is 0.0420. The molecule has 8 nitrogen and oxygen atoms in total. The molecule has 0 spiro atoms. The summed E-state index contributed by atoms with van der Waals surface area (Å²) in [5.74, 6) is -3.42. The van der Waals surface area contributed by atoms with Gasteiger partial charge in [-0.05, 0) is 6.92 Å². The van der Waals surface area contributed by atoms with Gasteiger partial charge in [0.2, 0.25) is 5.91 Å². The van der Waals surface area contributed by atoms with E-state index in [0.29, 0.717) is 0 Å². The minimum atomic E-state index is -2.61. The Labute approximate surface area is 103 Å². The van der Waals surface area contributed by atoms with Gasteiger partial charge in [-0.3, -0.25) is 10.1 Å². The van der Waals surface area contributed by atoms with Crippen LogP contribution < -0.4 is 5.32 Å². The van der Waals surface area contributed by atoms with Gasteiger partial charge >= 0.3 is 0 Å². The number of nitrogens with one attached hydrogen (secondary N) is 1. The second-order valence-corrected chi connectivity index (χ2v) is 4.20. The maximum atomic E-state index is 11.4. The van der Waals surface area contributed by atoms with E-state index >= 15 is 0 Å². The van der Waals surface area contributed by atoms with Crippen molar-refractivity contribution in [3.05, 3.63) is 12.2 Å². The molecule has 5 atom stereocenters. The Morgan fingerprint density at radius 1 is 1.39 bits per heavy atom. The molecule has 1 aliphatic heterocycles. The molecular formula is C10H17NO7. The lowest BCUT2D eigenvalue weighted by atomic mass is 9.96. The monoisotopic (exact) mass is 263 g/mol. The smallest absolute Gasteiger partial charge is 0.279 e. The van der Waals surface area contributed by atoms with Crippen LogP contribution in [0, 0.1) is 0 Å². The molecule has 18 heavy (non-hydrogen) atoms. The Bertz CT molecular complexity index is 345. The molecule has 0 radical (unpaired) electrons. The fourth-order valence-electron chi connectivity index (χ4n) is 1.53. The van der Waals surface area contributed by atoms with E-state index in [0.717, 1.165) is 0 Å². The van der Waals surface area contributed by atoms with Gasteiger partial charge in [-0.25, -0.2) is 0 Å². The van der Waals surface area contributed by atoms with Crippen molar-refractivity contribution < 1.29 is 35.1 Å². The van der Waals surface area contributed by atoms with Crippen LogP contribution in [0.25, 0.3) is 0 Å². The maximum Gasteiger partial charge on any atom is 0.279 e. The topological polar surface area (TPSA) is 139 Å². The van der Waals surface area contributed by atoms with Crippen LogP contribution in [0.4, 0.5) is 0 Å². The molecule has 1 saturated heterocycles. The maximum absolute atomic E-state index is 11.4. The second kappa shape index (κ2) is 5.31. The van der Waals surface area contributed by atoms with Crippen molar-refractivity contribution in [1.29, 1.82) is 0 Å². The number of amides is 1. The van der Waals surface area contributed by atoms with Gasteiger partial charge in [0.05, 0.1) is 6.61 Å². The fraction of sp³-hybridized carbons (Fsp3) is 0.700. The van der Waals surface area contributed by atoms with Crippen LogP contribution in [0.2, 0.25) is 0 Å².